The number of hydrogen-bond acceptors (Lipinski definition) is 4. The van der Waals surface area contributed by atoms with Crippen molar-refractivity contribution in [2.24, 2.45) is 0 Å². The second-order valence-electron chi connectivity index (χ2n) is 5.43. The molecule has 0 fully saturated rings. The van der Waals surface area contributed by atoms with E-state index in [0.29, 0.717) is 6.61 Å². The quantitative estimate of drug-likeness (QED) is 0.826. The van der Waals surface area contributed by atoms with E-state index in [9.17, 15) is 0 Å². The van der Waals surface area contributed by atoms with E-state index in [4.69, 9.17) is 9.72 Å². The van der Waals surface area contributed by atoms with Gasteiger partial charge >= 0.3 is 0 Å². The standard InChI is InChI=1S/C17H24N2OS/c1-11-6-7-12(2)15(10-11)16(18-8-9-20-5)17-19-13(3)14(4)21-17/h6-7,10,16,18H,8-9H2,1-5H3. The number of rotatable bonds is 6. The maximum absolute atomic E-state index is 5.17. The van der Waals surface area contributed by atoms with Gasteiger partial charge in [-0.1, -0.05) is 23.8 Å². The molecule has 114 valence electrons. The second-order valence-corrected chi connectivity index (χ2v) is 6.67. The average Bonchev–Trinajstić information content (AvgIpc) is 2.78. The maximum atomic E-state index is 5.17. The highest BCUT2D eigenvalue weighted by atomic mass is 32.1. The van der Waals surface area contributed by atoms with Crippen molar-refractivity contribution in [1.29, 1.82) is 0 Å². The third-order valence-electron chi connectivity index (χ3n) is 3.69. The minimum absolute atomic E-state index is 0.137. The van der Waals surface area contributed by atoms with Gasteiger partial charge in [-0.05, 0) is 38.8 Å². The van der Waals surface area contributed by atoms with Crippen molar-refractivity contribution in [2.75, 3.05) is 20.3 Å². The Hall–Kier alpha value is -1.23. The molecule has 1 heterocycles. The van der Waals surface area contributed by atoms with Gasteiger partial charge in [-0.15, -0.1) is 11.3 Å². The monoisotopic (exact) mass is 304 g/mol. The number of aromatic nitrogens is 1. The predicted octanol–water partition coefficient (Wildman–Crippen LogP) is 3.70. The zero-order valence-electron chi connectivity index (χ0n) is 13.5. The number of nitrogens with zero attached hydrogens (tertiary/aromatic N) is 1. The average molecular weight is 304 g/mol. The number of benzene rings is 1. The van der Waals surface area contributed by atoms with Crippen LogP contribution in [0.3, 0.4) is 0 Å². The van der Waals surface area contributed by atoms with Crippen molar-refractivity contribution in [2.45, 2.75) is 33.7 Å². The highest BCUT2D eigenvalue weighted by Crippen LogP contribution is 2.30. The lowest BCUT2D eigenvalue weighted by molar-refractivity contribution is 0.197. The van der Waals surface area contributed by atoms with Gasteiger partial charge in [0.15, 0.2) is 0 Å². The lowest BCUT2D eigenvalue weighted by atomic mass is 9.99. The molecule has 21 heavy (non-hydrogen) atoms. The van der Waals surface area contributed by atoms with Crippen LogP contribution in [-0.4, -0.2) is 25.2 Å². The van der Waals surface area contributed by atoms with Gasteiger partial charge in [-0.3, -0.25) is 0 Å². The zero-order chi connectivity index (χ0) is 15.4. The summed E-state index contributed by atoms with van der Waals surface area (Å²) in [5.74, 6) is 0. The molecule has 0 bridgehead atoms. The number of thiazole rings is 1. The summed E-state index contributed by atoms with van der Waals surface area (Å²) < 4.78 is 5.17. The van der Waals surface area contributed by atoms with Gasteiger partial charge in [-0.2, -0.15) is 0 Å². The Bertz CT molecular complexity index is 587. The molecule has 0 saturated carbocycles. The van der Waals surface area contributed by atoms with Crippen LogP contribution in [0, 0.1) is 27.7 Å². The third-order valence-corrected chi connectivity index (χ3v) is 4.83. The van der Waals surface area contributed by atoms with Crippen LogP contribution < -0.4 is 5.32 Å². The molecule has 0 spiro atoms. The van der Waals surface area contributed by atoms with Crippen molar-refractivity contribution in [3.63, 3.8) is 0 Å². The molecule has 1 atom stereocenters. The van der Waals surface area contributed by atoms with Crippen LogP contribution >= 0.6 is 11.3 Å². The molecule has 1 aromatic heterocycles. The fraction of sp³-hybridized carbons (Fsp3) is 0.471. The zero-order valence-corrected chi connectivity index (χ0v) is 14.3. The Balaban J connectivity index is 2.37. The minimum atomic E-state index is 0.137. The topological polar surface area (TPSA) is 34.1 Å². The van der Waals surface area contributed by atoms with Crippen LogP contribution in [0.2, 0.25) is 0 Å². The van der Waals surface area contributed by atoms with Gasteiger partial charge in [-0.25, -0.2) is 4.98 Å². The summed E-state index contributed by atoms with van der Waals surface area (Å²) in [6.07, 6.45) is 0. The molecule has 1 aromatic carbocycles. The first kappa shape index (κ1) is 16.1. The molecule has 2 aromatic rings. The van der Waals surface area contributed by atoms with Crippen LogP contribution in [0.1, 0.15) is 38.3 Å². The third kappa shape index (κ3) is 3.90. The Kier molecular flexibility index (Phi) is 5.51. The van der Waals surface area contributed by atoms with Crippen LogP contribution in [0.5, 0.6) is 0 Å². The van der Waals surface area contributed by atoms with Gasteiger partial charge in [0.25, 0.3) is 0 Å². The molecule has 1 N–H and O–H groups in total. The van der Waals surface area contributed by atoms with Gasteiger partial charge < -0.3 is 10.1 Å². The summed E-state index contributed by atoms with van der Waals surface area (Å²) >= 11 is 1.78. The summed E-state index contributed by atoms with van der Waals surface area (Å²) in [5.41, 5.74) is 5.00. The molecule has 0 amide bonds. The second kappa shape index (κ2) is 7.16. The van der Waals surface area contributed by atoms with Gasteiger partial charge in [0, 0.05) is 18.5 Å². The van der Waals surface area contributed by atoms with Crippen LogP contribution in [0.4, 0.5) is 0 Å². The van der Waals surface area contributed by atoms with Crippen LogP contribution in [-0.2, 0) is 4.74 Å². The Morgan fingerprint density at radius 2 is 2.00 bits per heavy atom. The molecular formula is C17H24N2OS. The highest BCUT2D eigenvalue weighted by Gasteiger charge is 2.20. The maximum Gasteiger partial charge on any atom is 0.115 e. The van der Waals surface area contributed by atoms with Crippen LogP contribution in [0.15, 0.2) is 18.2 Å². The summed E-state index contributed by atoms with van der Waals surface area (Å²) in [6.45, 7) is 10.0. The molecule has 0 aliphatic carbocycles. The first-order chi connectivity index (χ1) is 10.0. The number of methoxy groups -OCH3 is 1. The van der Waals surface area contributed by atoms with E-state index in [0.717, 1.165) is 17.2 Å². The Labute approximate surface area is 131 Å². The summed E-state index contributed by atoms with van der Waals surface area (Å²) in [4.78, 5) is 6.04. The molecule has 0 aliphatic heterocycles. The number of hydrogen-bond donors (Lipinski definition) is 1. The fourth-order valence-electron chi connectivity index (χ4n) is 2.33. The van der Waals surface area contributed by atoms with Crippen LogP contribution in [0.25, 0.3) is 0 Å². The highest BCUT2D eigenvalue weighted by molar-refractivity contribution is 7.11. The molecule has 3 nitrogen and oxygen atoms in total. The van der Waals surface area contributed by atoms with Crippen molar-refractivity contribution < 1.29 is 4.74 Å². The smallest absolute Gasteiger partial charge is 0.115 e. The summed E-state index contributed by atoms with van der Waals surface area (Å²) in [5, 5.41) is 4.72. The number of aryl methyl sites for hydroxylation is 4. The van der Waals surface area contributed by atoms with E-state index in [2.05, 4.69) is 51.2 Å². The molecule has 4 heteroatoms. The lowest BCUT2D eigenvalue weighted by Gasteiger charge is -2.19. The van der Waals surface area contributed by atoms with Gasteiger partial charge in [0.05, 0.1) is 18.3 Å². The van der Waals surface area contributed by atoms with E-state index in [-0.39, 0.29) is 6.04 Å². The first-order valence-corrected chi connectivity index (χ1v) is 8.08. The van der Waals surface area contributed by atoms with E-state index < -0.39 is 0 Å². The molecule has 1 unspecified atom stereocenters. The Morgan fingerprint density at radius 3 is 2.62 bits per heavy atom. The summed E-state index contributed by atoms with van der Waals surface area (Å²) in [7, 11) is 1.73. The van der Waals surface area contributed by atoms with Crippen molar-refractivity contribution in [3.8, 4) is 0 Å². The van der Waals surface area contributed by atoms with Crippen molar-refractivity contribution in [3.05, 3.63) is 50.5 Å². The molecular weight excluding hydrogens is 280 g/mol. The van der Waals surface area contributed by atoms with Crippen molar-refractivity contribution >= 4 is 11.3 Å². The number of nitrogens with one attached hydrogen (secondary N) is 1. The van der Waals surface area contributed by atoms with Crippen molar-refractivity contribution in [1.82, 2.24) is 10.3 Å². The van der Waals surface area contributed by atoms with E-state index in [1.165, 1.54) is 21.6 Å². The Morgan fingerprint density at radius 1 is 1.24 bits per heavy atom. The summed E-state index contributed by atoms with van der Waals surface area (Å²) in [6, 6.07) is 6.73. The lowest BCUT2D eigenvalue weighted by Crippen LogP contribution is -2.26. The van der Waals surface area contributed by atoms with E-state index in [1.54, 1.807) is 18.4 Å². The fourth-order valence-corrected chi connectivity index (χ4v) is 3.35. The molecule has 0 radical (unpaired) electrons. The van der Waals surface area contributed by atoms with E-state index >= 15 is 0 Å². The van der Waals surface area contributed by atoms with Gasteiger partial charge in [0.2, 0.25) is 0 Å². The largest absolute Gasteiger partial charge is 0.383 e. The SMILES string of the molecule is COCCNC(c1nc(C)c(C)s1)c1cc(C)ccc1C. The first-order valence-electron chi connectivity index (χ1n) is 7.26. The molecule has 2 rings (SSSR count). The van der Waals surface area contributed by atoms with Gasteiger partial charge in [0.1, 0.15) is 5.01 Å². The molecule has 0 saturated heterocycles. The number of ether oxygens (including phenoxy) is 1. The minimum Gasteiger partial charge on any atom is -0.383 e. The van der Waals surface area contributed by atoms with E-state index in [1.807, 2.05) is 0 Å². The normalized spacial score (nSPS) is 12.6. The molecule has 0 aliphatic rings. The predicted molar refractivity (Wildman–Crippen MR) is 89.2 cm³/mol.